The van der Waals surface area contributed by atoms with Gasteiger partial charge in [0, 0.05) is 0 Å². The molecule has 155 valence electrons. The number of primary amides is 3. The Bertz CT molecular complexity index is 614. The van der Waals surface area contributed by atoms with Crippen LogP contribution in [0.2, 0.25) is 0 Å². The fourth-order valence-corrected chi connectivity index (χ4v) is 0.767. The average Bonchev–Trinajstić information content (AvgIpc) is 2.46. The molecule has 0 aromatic heterocycles. The van der Waals surface area contributed by atoms with Crippen LogP contribution in [0.3, 0.4) is 0 Å². The number of ketones is 3. The number of hydrogen-bond donors (Lipinski definition) is 3. The second-order valence-electron chi connectivity index (χ2n) is 4.45. The Morgan fingerprint density at radius 2 is 0.679 bits per heavy atom. The zero-order chi connectivity index (χ0) is 22.3. The van der Waals surface area contributed by atoms with Gasteiger partial charge in [0.2, 0.25) is 17.7 Å². The summed E-state index contributed by atoms with van der Waals surface area (Å²) in [6, 6.07) is 0. The molecule has 0 atom stereocenters. The predicted octanol–water partition coefficient (Wildman–Crippen LogP) is -5.09. The molecule has 12 nitrogen and oxygen atoms in total. The van der Waals surface area contributed by atoms with Crippen LogP contribution in [0.5, 0.6) is 0 Å². The van der Waals surface area contributed by atoms with Gasteiger partial charge in [0.15, 0.2) is 17.3 Å². The Hall–Kier alpha value is -3.44. The molecule has 0 aliphatic rings. The minimum Gasteiger partial charge on any atom is -0.869 e. The Morgan fingerprint density at radius 1 is 0.536 bits per heavy atom. The summed E-state index contributed by atoms with van der Waals surface area (Å²) in [7, 11) is 0. The number of hydrogen-bond acceptors (Lipinski definition) is 9. The molecule has 6 N–H and O–H groups in total. The first-order valence-corrected chi connectivity index (χ1v) is 6.69. The molecule has 0 saturated carbocycles. The molecule has 0 spiro atoms. The zero-order valence-electron chi connectivity index (χ0n) is 15.0. The van der Waals surface area contributed by atoms with E-state index in [-0.39, 0.29) is 17.1 Å². The van der Waals surface area contributed by atoms with Crippen molar-refractivity contribution in [1.29, 1.82) is 0 Å². The van der Waals surface area contributed by atoms with Crippen molar-refractivity contribution in [2.75, 3.05) is 0 Å². The minimum absolute atomic E-state index is 0. The topological polar surface area (TPSA) is 250 Å². The van der Waals surface area contributed by atoms with E-state index in [4.69, 9.17) is 0 Å². The van der Waals surface area contributed by atoms with Gasteiger partial charge in [-0.15, -0.1) is 0 Å². The van der Waals surface area contributed by atoms with E-state index >= 15 is 0 Å². The molecule has 3 amide bonds. The predicted molar refractivity (Wildman–Crippen MR) is 83.9 cm³/mol. The number of allylic oxidation sites excluding steroid dienone is 3. The Kier molecular flexibility index (Phi) is 19.6. The van der Waals surface area contributed by atoms with Gasteiger partial charge in [-0.2, -0.15) is 0 Å². The molecule has 13 heteroatoms. The van der Waals surface area contributed by atoms with Crippen LogP contribution in [0.4, 0.5) is 0 Å². The molecule has 0 aromatic rings. The Morgan fingerprint density at radius 3 is 0.714 bits per heavy atom. The third-order valence-electron chi connectivity index (χ3n) is 1.73. The molecule has 0 unspecified atom stereocenters. The van der Waals surface area contributed by atoms with Crippen molar-refractivity contribution in [1.82, 2.24) is 0 Å². The number of rotatable bonds is 6. The van der Waals surface area contributed by atoms with Crippen molar-refractivity contribution in [2.45, 2.75) is 20.8 Å². The van der Waals surface area contributed by atoms with Crippen LogP contribution < -0.4 is 32.5 Å². The Labute approximate surface area is 170 Å². The van der Waals surface area contributed by atoms with Crippen molar-refractivity contribution in [3.63, 3.8) is 0 Å². The van der Waals surface area contributed by atoms with Crippen molar-refractivity contribution in [3.05, 3.63) is 35.5 Å². The number of amides is 3. The number of carbonyl (C=O) groups excluding carboxylic acids is 6. The van der Waals surface area contributed by atoms with Crippen molar-refractivity contribution >= 4 is 35.1 Å². The molecule has 0 saturated heterocycles. The second kappa shape index (κ2) is 17.0. The van der Waals surface area contributed by atoms with E-state index in [1.165, 1.54) is 20.8 Å². The molecule has 0 aliphatic heterocycles. The number of carbonyl (C=O) groups is 6. The van der Waals surface area contributed by atoms with Crippen molar-refractivity contribution in [3.8, 4) is 0 Å². The zero-order valence-corrected chi connectivity index (χ0v) is 16.1. The maximum Gasteiger partial charge on any atom is 3.00 e. The van der Waals surface area contributed by atoms with Gasteiger partial charge in [-0.1, -0.05) is 0 Å². The first-order valence-electron chi connectivity index (χ1n) is 6.69. The van der Waals surface area contributed by atoms with E-state index in [9.17, 15) is 44.1 Å². The molecule has 28 heavy (non-hydrogen) atoms. The van der Waals surface area contributed by atoms with E-state index < -0.39 is 52.3 Å². The summed E-state index contributed by atoms with van der Waals surface area (Å²) in [5.74, 6) is -7.61. The number of nitrogens with two attached hydrogens (primary N) is 3. The van der Waals surface area contributed by atoms with Gasteiger partial charge in [-0.25, -0.2) is 0 Å². The largest absolute Gasteiger partial charge is 3.00 e. The van der Waals surface area contributed by atoms with Crippen molar-refractivity contribution in [2.24, 2.45) is 17.2 Å². The van der Waals surface area contributed by atoms with Crippen LogP contribution in [0.15, 0.2) is 35.5 Å². The molecule has 0 heterocycles. The van der Waals surface area contributed by atoms with Gasteiger partial charge < -0.3 is 32.5 Å². The van der Waals surface area contributed by atoms with Crippen LogP contribution in [0.1, 0.15) is 20.8 Å². The standard InChI is InChI=1S/3C5H7NO3.Fe/c3*1-3(7)2-4(8)5(6)9;/h3*2,8H,1H3,(H2,6,9);/q;;;+3/p-3/b3*4-2-;. The third-order valence-corrected chi connectivity index (χ3v) is 1.73. The van der Waals surface area contributed by atoms with Gasteiger partial charge in [0.05, 0.1) is 0 Å². The van der Waals surface area contributed by atoms with Gasteiger partial charge in [0.1, 0.15) is 0 Å². The average molecular weight is 440 g/mol. The van der Waals surface area contributed by atoms with Crippen LogP contribution in [-0.4, -0.2) is 35.1 Å². The molecule has 0 aliphatic carbocycles. The molecular formula is C15H18FeN3O9. The molecule has 0 fully saturated rings. The van der Waals surface area contributed by atoms with E-state index in [0.29, 0.717) is 18.2 Å². The first-order chi connectivity index (χ1) is 12.1. The third kappa shape index (κ3) is 24.8. The molecule has 0 rings (SSSR count). The minimum atomic E-state index is -1.11. The summed E-state index contributed by atoms with van der Waals surface area (Å²) in [4.78, 5) is 60.0. The maximum absolute atomic E-state index is 10.2. The fourth-order valence-electron chi connectivity index (χ4n) is 0.767. The summed E-state index contributed by atoms with van der Waals surface area (Å²) in [5, 5.41) is 30.6. The van der Waals surface area contributed by atoms with Crippen molar-refractivity contribution < 1.29 is 61.2 Å². The van der Waals surface area contributed by atoms with Gasteiger partial charge >= 0.3 is 17.1 Å². The monoisotopic (exact) mass is 440 g/mol. The normalized spacial score (nSPS) is 10.6. The first kappa shape index (κ1) is 32.2. The van der Waals surface area contributed by atoms with E-state index in [1.807, 2.05) is 0 Å². The van der Waals surface area contributed by atoms with Crippen LogP contribution in [0, 0.1) is 0 Å². The smallest absolute Gasteiger partial charge is 0.869 e. The van der Waals surface area contributed by atoms with E-state index in [2.05, 4.69) is 17.2 Å². The van der Waals surface area contributed by atoms with Gasteiger partial charge in [-0.3, -0.25) is 28.8 Å². The quantitative estimate of drug-likeness (QED) is 0.203. The fraction of sp³-hybridized carbons (Fsp3) is 0.200. The van der Waals surface area contributed by atoms with Crippen LogP contribution in [0.25, 0.3) is 0 Å². The Balaban J connectivity index is -0.000000152. The summed E-state index contributed by atoms with van der Waals surface area (Å²) in [6.07, 6.45) is 1.97. The maximum atomic E-state index is 10.2. The van der Waals surface area contributed by atoms with E-state index in [1.54, 1.807) is 0 Å². The second-order valence-corrected chi connectivity index (χ2v) is 4.45. The molecular weight excluding hydrogens is 422 g/mol. The molecule has 1 radical (unpaired) electrons. The SMILES string of the molecule is CC(=O)/C=C(\[O-])C(N)=O.CC(=O)/C=C(\[O-])C(N)=O.CC(=O)/C=C(\[O-])C(N)=O.[Fe+3]. The van der Waals surface area contributed by atoms with Gasteiger partial charge in [-0.05, 0) is 56.3 Å². The van der Waals surface area contributed by atoms with Gasteiger partial charge in [0.25, 0.3) is 0 Å². The summed E-state index contributed by atoms with van der Waals surface area (Å²) >= 11 is 0. The molecule has 0 bridgehead atoms. The van der Waals surface area contributed by atoms with E-state index in [0.717, 1.165) is 0 Å². The summed E-state index contributed by atoms with van der Waals surface area (Å²) < 4.78 is 0. The summed E-state index contributed by atoms with van der Waals surface area (Å²) in [5.41, 5.74) is 13.5. The van der Waals surface area contributed by atoms with Crippen LogP contribution >= 0.6 is 0 Å². The van der Waals surface area contributed by atoms with Crippen LogP contribution in [-0.2, 0) is 45.8 Å². The molecule has 0 aromatic carbocycles. The summed E-state index contributed by atoms with van der Waals surface area (Å²) in [6.45, 7) is 3.50.